The van der Waals surface area contributed by atoms with Crippen molar-refractivity contribution in [2.45, 2.75) is 45.2 Å². The number of aryl methyl sites for hydroxylation is 1. The second-order valence-corrected chi connectivity index (χ2v) is 7.85. The van der Waals surface area contributed by atoms with E-state index < -0.39 is 0 Å². The van der Waals surface area contributed by atoms with Crippen LogP contribution in [0.1, 0.15) is 36.4 Å². The molecule has 2 aliphatic rings. The van der Waals surface area contributed by atoms with Gasteiger partial charge in [-0.05, 0) is 19.8 Å². The van der Waals surface area contributed by atoms with Crippen molar-refractivity contribution in [3.05, 3.63) is 16.1 Å². The molecule has 1 atom stereocenters. The molecule has 0 bridgehead atoms. The first-order valence-electron chi connectivity index (χ1n) is 7.72. The van der Waals surface area contributed by atoms with E-state index in [0.29, 0.717) is 18.2 Å². The highest BCUT2D eigenvalue weighted by Crippen LogP contribution is 2.30. The number of thioether (sulfide) groups is 1. The van der Waals surface area contributed by atoms with E-state index in [2.05, 4.69) is 10.3 Å². The third kappa shape index (κ3) is 3.46. The first kappa shape index (κ1) is 15.8. The van der Waals surface area contributed by atoms with E-state index in [9.17, 15) is 9.59 Å². The van der Waals surface area contributed by atoms with Crippen molar-refractivity contribution in [2.75, 3.05) is 11.6 Å². The van der Waals surface area contributed by atoms with Gasteiger partial charge in [-0.15, -0.1) is 23.1 Å². The summed E-state index contributed by atoms with van der Waals surface area (Å²) < 4.78 is 0. The summed E-state index contributed by atoms with van der Waals surface area (Å²) in [7, 11) is 0. The molecule has 3 rings (SSSR count). The molecule has 1 aliphatic carbocycles. The quantitative estimate of drug-likeness (QED) is 0.913. The average Bonchev–Trinajstić information content (AvgIpc) is 3.25. The number of amides is 2. The van der Waals surface area contributed by atoms with Gasteiger partial charge in [-0.25, -0.2) is 4.98 Å². The first-order valence-corrected chi connectivity index (χ1v) is 9.75. The van der Waals surface area contributed by atoms with Crippen LogP contribution in [0.25, 0.3) is 0 Å². The zero-order valence-electron chi connectivity index (χ0n) is 12.7. The van der Waals surface area contributed by atoms with Crippen LogP contribution in [0.3, 0.4) is 0 Å². The molecule has 0 aromatic carbocycles. The molecule has 120 valence electrons. The maximum absolute atomic E-state index is 12.6. The van der Waals surface area contributed by atoms with Gasteiger partial charge < -0.3 is 10.2 Å². The van der Waals surface area contributed by atoms with Crippen LogP contribution in [0.15, 0.2) is 5.38 Å². The first-order chi connectivity index (χ1) is 10.6. The summed E-state index contributed by atoms with van der Waals surface area (Å²) in [5.41, 5.74) is 0.976. The SMILES string of the molecule is Cc1csc(CNC(=O)[C@H]2CSCN2C(=O)C2CCCC2)n1. The van der Waals surface area contributed by atoms with Crippen LogP contribution >= 0.6 is 23.1 Å². The van der Waals surface area contributed by atoms with Crippen LogP contribution in [0.4, 0.5) is 0 Å². The number of hydrogen-bond acceptors (Lipinski definition) is 5. The highest BCUT2D eigenvalue weighted by molar-refractivity contribution is 7.99. The molecule has 0 radical (unpaired) electrons. The summed E-state index contributed by atoms with van der Waals surface area (Å²) in [6.07, 6.45) is 4.23. The normalized spacial score (nSPS) is 22.2. The van der Waals surface area contributed by atoms with Gasteiger partial charge in [0, 0.05) is 22.7 Å². The van der Waals surface area contributed by atoms with Crippen molar-refractivity contribution in [1.29, 1.82) is 0 Å². The van der Waals surface area contributed by atoms with E-state index in [0.717, 1.165) is 36.4 Å². The van der Waals surface area contributed by atoms with Gasteiger partial charge in [0.25, 0.3) is 0 Å². The molecule has 1 saturated heterocycles. The van der Waals surface area contributed by atoms with E-state index in [1.165, 1.54) is 0 Å². The van der Waals surface area contributed by atoms with Gasteiger partial charge in [-0.1, -0.05) is 12.8 Å². The van der Waals surface area contributed by atoms with Gasteiger partial charge in [0.15, 0.2) is 0 Å². The topological polar surface area (TPSA) is 62.3 Å². The van der Waals surface area contributed by atoms with E-state index >= 15 is 0 Å². The Labute approximate surface area is 138 Å². The summed E-state index contributed by atoms with van der Waals surface area (Å²) in [6, 6.07) is -0.320. The Hall–Kier alpha value is -1.08. The van der Waals surface area contributed by atoms with Crippen molar-refractivity contribution < 1.29 is 9.59 Å². The third-order valence-corrected chi connectivity index (χ3v) is 6.23. The number of nitrogens with one attached hydrogen (secondary N) is 1. The fourth-order valence-corrected chi connectivity index (χ4v) is 4.92. The molecule has 1 aromatic rings. The number of hydrogen-bond donors (Lipinski definition) is 1. The van der Waals surface area contributed by atoms with Crippen LogP contribution < -0.4 is 5.32 Å². The molecule has 1 aromatic heterocycles. The minimum Gasteiger partial charge on any atom is -0.348 e. The second-order valence-electron chi connectivity index (χ2n) is 5.91. The number of rotatable bonds is 4. The Kier molecular flexibility index (Phi) is 5.03. The Bertz CT molecular complexity index is 555. The number of aromatic nitrogens is 1. The van der Waals surface area contributed by atoms with Crippen molar-refractivity contribution in [2.24, 2.45) is 5.92 Å². The van der Waals surface area contributed by atoms with Crippen molar-refractivity contribution in [1.82, 2.24) is 15.2 Å². The molecule has 2 fully saturated rings. The fraction of sp³-hybridized carbons (Fsp3) is 0.667. The molecule has 1 N–H and O–H groups in total. The van der Waals surface area contributed by atoms with Crippen LogP contribution in [0, 0.1) is 12.8 Å². The maximum Gasteiger partial charge on any atom is 0.244 e. The standard InChI is InChI=1S/C15H21N3O2S2/c1-10-7-22-13(17-10)6-16-14(19)12-8-21-9-18(12)15(20)11-4-2-3-5-11/h7,11-12H,2-6,8-9H2,1H3,(H,16,19)/t12-/m1/s1. The maximum atomic E-state index is 12.6. The predicted octanol–water partition coefficient (Wildman–Crippen LogP) is 2.16. The Balaban J connectivity index is 1.57. The van der Waals surface area contributed by atoms with Crippen LogP contribution in [-0.4, -0.2) is 39.4 Å². The molecule has 0 unspecified atom stereocenters. The second kappa shape index (κ2) is 7.00. The molecule has 0 spiro atoms. The number of carbonyl (C=O) groups excluding carboxylic acids is 2. The fourth-order valence-electron chi connectivity index (χ4n) is 3.05. The highest BCUT2D eigenvalue weighted by Gasteiger charge is 2.38. The molecular weight excluding hydrogens is 318 g/mol. The minimum absolute atomic E-state index is 0.0517. The predicted molar refractivity (Wildman–Crippen MR) is 88.6 cm³/mol. The molecule has 2 amide bonds. The molecule has 22 heavy (non-hydrogen) atoms. The van der Waals surface area contributed by atoms with Crippen LogP contribution in [0.2, 0.25) is 0 Å². The number of thiazole rings is 1. The Morgan fingerprint density at radius 1 is 1.41 bits per heavy atom. The summed E-state index contributed by atoms with van der Waals surface area (Å²) in [5, 5.41) is 5.81. The Morgan fingerprint density at radius 2 is 2.18 bits per heavy atom. The summed E-state index contributed by atoms with van der Waals surface area (Å²) in [4.78, 5) is 31.1. The van der Waals surface area contributed by atoms with E-state index in [4.69, 9.17) is 0 Å². The lowest BCUT2D eigenvalue weighted by molar-refractivity contribution is -0.141. The van der Waals surface area contributed by atoms with E-state index in [-0.39, 0.29) is 23.8 Å². The minimum atomic E-state index is -0.320. The molecule has 1 saturated carbocycles. The average molecular weight is 339 g/mol. The summed E-state index contributed by atoms with van der Waals surface area (Å²) >= 11 is 3.21. The Morgan fingerprint density at radius 3 is 2.86 bits per heavy atom. The van der Waals surface area contributed by atoms with Gasteiger partial charge in [0.05, 0.1) is 12.4 Å². The molecular formula is C15H21N3O2S2. The van der Waals surface area contributed by atoms with Gasteiger partial charge in [-0.3, -0.25) is 9.59 Å². The monoisotopic (exact) mass is 339 g/mol. The van der Waals surface area contributed by atoms with Gasteiger partial charge in [0.2, 0.25) is 11.8 Å². The number of nitrogens with zero attached hydrogens (tertiary/aromatic N) is 2. The van der Waals surface area contributed by atoms with Crippen molar-refractivity contribution in [3.8, 4) is 0 Å². The molecule has 2 heterocycles. The van der Waals surface area contributed by atoms with Crippen molar-refractivity contribution >= 4 is 34.9 Å². The summed E-state index contributed by atoms with van der Waals surface area (Å²) in [5.74, 6) is 1.60. The van der Waals surface area contributed by atoms with E-state index in [1.54, 1.807) is 28.0 Å². The third-order valence-electron chi connectivity index (χ3n) is 4.25. The smallest absolute Gasteiger partial charge is 0.244 e. The lowest BCUT2D eigenvalue weighted by atomic mass is 10.1. The van der Waals surface area contributed by atoms with Crippen LogP contribution in [0.5, 0.6) is 0 Å². The van der Waals surface area contributed by atoms with Crippen LogP contribution in [-0.2, 0) is 16.1 Å². The molecule has 1 aliphatic heterocycles. The van der Waals surface area contributed by atoms with Gasteiger partial charge in [0.1, 0.15) is 11.0 Å². The summed E-state index contributed by atoms with van der Waals surface area (Å²) in [6.45, 7) is 2.39. The zero-order valence-corrected chi connectivity index (χ0v) is 14.3. The largest absolute Gasteiger partial charge is 0.348 e. The molecule has 5 nitrogen and oxygen atoms in total. The van der Waals surface area contributed by atoms with E-state index in [1.807, 2.05) is 12.3 Å². The van der Waals surface area contributed by atoms with Crippen molar-refractivity contribution in [3.63, 3.8) is 0 Å². The lowest BCUT2D eigenvalue weighted by Gasteiger charge is -2.25. The van der Waals surface area contributed by atoms with Gasteiger partial charge in [-0.2, -0.15) is 0 Å². The van der Waals surface area contributed by atoms with Gasteiger partial charge >= 0.3 is 0 Å². The highest BCUT2D eigenvalue weighted by atomic mass is 32.2. The lowest BCUT2D eigenvalue weighted by Crippen LogP contribution is -2.48. The molecule has 7 heteroatoms. The number of carbonyl (C=O) groups is 2. The zero-order chi connectivity index (χ0) is 15.5.